The van der Waals surface area contributed by atoms with E-state index >= 15 is 0 Å². The molecule has 3 atom stereocenters. The summed E-state index contributed by atoms with van der Waals surface area (Å²) < 4.78 is 26.8. The highest BCUT2D eigenvalue weighted by Gasteiger charge is 2.57. The fourth-order valence-electron chi connectivity index (χ4n) is 2.68. The zero-order valence-electron chi connectivity index (χ0n) is 14.9. The van der Waals surface area contributed by atoms with Crippen molar-refractivity contribution in [2.75, 3.05) is 13.2 Å². The molecule has 0 N–H and O–H groups in total. The van der Waals surface area contributed by atoms with Crippen molar-refractivity contribution in [1.29, 1.82) is 0 Å². The predicted octanol–water partition coefficient (Wildman–Crippen LogP) is 1.36. The van der Waals surface area contributed by atoms with Gasteiger partial charge in [-0.15, -0.1) is 0 Å². The molecule has 1 aliphatic heterocycles. The maximum Gasteiger partial charge on any atom is 0.305 e. The molecule has 1 aromatic carbocycles. The minimum atomic E-state index is -1.41. The Balaban J connectivity index is 2.16. The smallest absolute Gasteiger partial charge is 0.305 e. The van der Waals surface area contributed by atoms with Gasteiger partial charge in [0.15, 0.2) is 0 Å². The maximum absolute atomic E-state index is 11.6. The highest BCUT2D eigenvalue weighted by molar-refractivity contribution is 5.68. The third kappa shape index (κ3) is 5.27. The van der Waals surface area contributed by atoms with Crippen LogP contribution in [-0.2, 0) is 44.7 Å². The summed E-state index contributed by atoms with van der Waals surface area (Å²) in [5, 5.41) is 0. The van der Waals surface area contributed by atoms with E-state index in [4.69, 9.17) is 23.7 Å². The molecule has 0 saturated carbocycles. The summed E-state index contributed by atoms with van der Waals surface area (Å²) in [6, 6.07) is 9.40. The molecule has 1 unspecified atom stereocenters. The van der Waals surface area contributed by atoms with Gasteiger partial charge in [-0.1, -0.05) is 30.3 Å². The normalized spacial score (nSPS) is 24.7. The second-order valence-corrected chi connectivity index (χ2v) is 5.96. The zero-order valence-corrected chi connectivity index (χ0v) is 14.9. The molecule has 1 aromatic rings. The SMILES string of the molecule is CC(=O)OC1OC[C@@](COCc2ccccc2)(OC(C)=O)[C@H]1OC(C)=O. The van der Waals surface area contributed by atoms with Crippen molar-refractivity contribution >= 4 is 17.9 Å². The van der Waals surface area contributed by atoms with Crippen LogP contribution in [0, 0.1) is 0 Å². The maximum atomic E-state index is 11.6. The monoisotopic (exact) mass is 366 g/mol. The molecule has 0 amide bonds. The quantitative estimate of drug-likeness (QED) is 0.527. The van der Waals surface area contributed by atoms with Gasteiger partial charge < -0.3 is 23.7 Å². The summed E-state index contributed by atoms with van der Waals surface area (Å²) in [4.78, 5) is 34.4. The largest absolute Gasteiger partial charge is 0.451 e. The van der Waals surface area contributed by atoms with E-state index in [1.807, 2.05) is 30.3 Å². The van der Waals surface area contributed by atoms with E-state index in [-0.39, 0.29) is 19.8 Å². The first-order chi connectivity index (χ1) is 12.3. The lowest BCUT2D eigenvalue weighted by Gasteiger charge is -2.32. The van der Waals surface area contributed by atoms with Gasteiger partial charge >= 0.3 is 17.9 Å². The number of hydrogen-bond donors (Lipinski definition) is 0. The Hall–Kier alpha value is -2.45. The Bertz CT molecular complexity index is 644. The van der Waals surface area contributed by atoms with E-state index in [1.165, 1.54) is 20.8 Å². The summed E-state index contributed by atoms with van der Waals surface area (Å²) in [5.41, 5.74) is -0.489. The van der Waals surface area contributed by atoms with E-state index < -0.39 is 35.9 Å². The highest BCUT2D eigenvalue weighted by atomic mass is 16.7. The Morgan fingerprint density at radius 2 is 1.69 bits per heavy atom. The van der Waals surface area contributed by atoms with Gasteiger partial charge in [0.25, 0.3) is 0 Å². The molecule has 2 rings (SSSR count). The second kappa shape index (κ2) is 8.77. The average Bonchev–Trinajstić information content (AvgIpc) is 2.85. The Labute approximate surface area is 151 Å². The molecule has 0 radical (unpaired) electrons. The van der Waals surface area contributed by atoms with Crippen LogP contribution in [0.25, 0.3) is 0 Å². The summed E-state index contributed by atoms with van der Waals surface area (Å²) in [5.74, 6) is -1.84. The molecule has 8 heteroatoms. The minimum absolute atomic E-state index is 0.100. The average molecular weight is 366 g/mol. The van der Waals surface area contributed by atoms with E-state index in [9.17, 15) is 14.4 Å². The third-order valence-electron chi connectivity index (χ3n) is 3.64. The third-order valence-corrected chi connectivity index (χ3v) is 3.64. The molecule has 142 valence electrons. The van der Waals surface area contributed by atoms with Crippen molar-refractivity contribution in [3.63, 3.8) is 0 Å². The van der Waals surface area contributed by atoms with E-state index in [0.29, 0.717) is 0 Å². The van der Waals surface area contributed by atoms with Gasteiger partial charge in [0, 0.05) is 20.8 Å². The number of benzene rings is 1. The van der Waals surface area contributed by atoms with Gasteiger partial charge in [0.1, 0.15) is 0 Å². The highest BCUT2D eigenvalue weighted by Crippen LogP contribution is 2.33. The van der Waals surface area contributed by atoms with Crippen LogP contribution in [-0.4, -0.2) is 49.1 Å². The molecule has 0 bridgehead atoms. The topological polar surface area (TPSA) is 97.4 Å². The van der Waals surface area contributed by atoms with Gasteiger partial charge in [-0.25, -0.2) is 0 Å². The number of carbonyl (C=O) groups is 3. The van der Waals surface area contributed by atoms with E-state index in [2.05, 4.69) is 0 Å². The van der Waals surface area contributed by atoms with Crippen LogP contribution in [0.4, 0.5) is 0 Å². The van der Waals surface area contributed by atoms with E-state index in [0.717, 1.165) is 5.56 Å². The molecule has 1 heterocycles. The summed E-state index contributed by atoms with van der Waals surface area (Å²) in [6.45, 7) is 3.64. The molecule has 0 aromatic heterocycles. The minimum Gasteiger partial charge on any atom is -0.451 e. The fourth-order valence-corrected chi connectivity index (χ4v) is 2.68. The van der Waals surface area contributed by atoms with Gasteiger partial charge in [0.05, 0.1) is 19.8 Å². The predicted molar refractivity (Wildman–Crippen MR) is 87.7 cm³/mol. The number of rotatable bonds is 7. The van der Waals surface area contributed by atoms with Gasteiger partial charge in [-0.2, -0.15) is 0 Å². The van der Waals surface area contributed by atoms with Gasteiger partial charge in [-0.05, 0) is 5.56 Å². The van der Waals surface area contributed by atoms with E-state index in [1.54, 1.807) is 0 Å². The van der Waals surface area contributed by atoms with Crippen LogP contribution in [0.15, 0.2) is 30.3 Å². The lowest BCUT2D eigenvalue weighted by molar-refractivity contribution is -0.204. The Morgan fingerprint density at radius 3 is 2.27 bits per heavy atom. The van der Waals surface area contributed by atoms with Crippen LogP contribution in [0.3, 0.4) is 0 Å². The zero-order chi connectivity index (χ0) is 19.2. The van der Waals surface area contributed by atoms with Crippen LogP contribution in [0.1, 0.15) is 26.3 Å². The summed E-state index contributed by atoms with van der Waals surface area (Å²) in [7, 11) is 0. The second-order valence-electron chi connectivity index (χ2n) is 5.96. The lowest BCUT2D eigenvalue weighted by atomic mass is 10.00. The summed E-state index contributed by atoms with van der Waals surface area (Å²) in [6.07, 6.45) is -2.32. The van der Waals surface area contributed by atoms with Gasteiger partial charge in [-0.3, -0.25) is 14.4 Å². The Kier molecular flexibility index (Phi) is 6.70. The number of hydrogen-bond acceptors (Lipinski definition) is 8. The fraction of sp³-hybridized carbons (Fsp3) is 0.500. The van der Waals surface area contributed by atoms with Crippen LogP contribution < -0.4 is 0 Å². The van der Waals surface area contributed by atoms with Crippen molar-refractivity contribution in [3.8, 4) is 0 Å². The molecule has 26 heavy (non-hydrogen) atoms. The van der Waals surface area contributed by atoms with Crippen LogP contribution in [0.5, 0.6) is 0 Å². The molecular formula is C18H22O8. The molecule has 1 fully saturated rings. The van der Waals surface area contributed by atoms with Crippen molar-refractivity contribution in [2.45, 2.75) is 45.4 Å². The lowest BCUT2D eigenvalue weighted by Crippen LogP contribution is -2.53. The Morgan fingerprint density at radius 1 is 1.04 bits per heavy atom. The van der Waals surface area contributed by atoms with Crippen LogP contribution in [0.2, 0.25) is 0 Å². The summed E-state index contributed by atoms with van der Waals surface area (Å²) >= 11 is 0. The standard InChI is InChI=1S/C18H22O8/c1-12(19)24-16-17(25-13(2)20)23-11-18(16,26-14(3)21)10-22-9-15-7-5-4-6-8-15/h4-8,16-17H,9-11H2,1-3H3/t16-,17?,18+/m0/s1. The molecule has 8 nitrogen and oxygen atoms in total. The molecule has 0 spiro atoms. The first kappa shape index (κ1) is 19.9. The van der Waals surface area contributed by atoms with Crippen LogP contribution >= 0.6 is 0 Å². The number of ether oxygens (including phenoxy) is 5. The first-order valence-corrected chi connectivity index (χ1v) is 8.10. The van der Waals surface area contributed by atoms with Crippen molar-refractivity contribution < 1.29 is 38.1 Å². The molecule has 1 aliphatic rings. The molecular weight excluding hydrogens is 344 g/mol. The van der Waals surface area contributed by atoms with Crippen molar-refractivity contribution in [3.05, 3.63) is 35.9 Å². The molecule has 1 saturated heterocycles. The number of esters is 3. The first-order valence-electron chi connectivity index (χ1n) is 8.10. The van der Waals surface area contributed by atoms with Crippen molar-refractivity contribution in [1.82, 2.24) is 0 Å². The molecule has 0 aliphatic carbocycles. The van der Waals surface area contributed by atoms with Gasteiger partial charge in [0.2, 0.25) is 18.0 Å². The number of carbonyl (C=O) groups excluding carboxylic acids is 3. The van der Waals surface area contributed by atoms with Crippen molar-refractivity contribution in [2.24, 2.45) is 0 Å².